The van der Waals surface area contributed by atoms with Crippen molar-refractivity contribution in [2.75, 3.05) is 18.1 Å². The molecule has 1 aromatic carbocycles. The molecule has 0 aliphatic heterocycles. The maximum atomic E-state index is 7.59. The molecule has 0 amide bonds. The molecule has 0 atom stereocenters. The molecule has 0 aromatic heterocycles. The van der Waals surface area contributed by atoms with Gasteiger partial charge in [0.25, 0.3) is 0 Å². The van der Waals surface area contributed by atoms with Crippen molar-refractivity contribution >= 4 is 11.6 Å². The second kappa shape index (κ2) is 5.36. The van der Waals surface area contributed by atoms with Gasteiger partial charge in [-0.1, -0.05) is 32.0 Å². The first-order valence-electron chi connectivity index (χ1n) is 5.14. The summed E-state index contributed by atoms with van der Waals surface area (Å²) >= 11 is 0. The number of nitrogens with zero attached hydrogens (tertiary/aromatic N) is 2. The summed E-state index contributed by atoms with van der Waals surface area (Å²) < 4.78 is 0. The van der Waals surface area contributed by atoms with Crippen LogP contribution in [0.4, 0.5) is 5.69 Å². The highest BCUT2D eigenvalue weighted by atomic mass is 15.6. The monoisotopic (exact) mass is 206 g/mol. The van der Waals surface area contributed by atoms with E-state index >= 15 is 0 Å². The number of nitrogens with two attached hydrogens (primary N) is 1. The van der Waals surface area contributed by atoms with Crippen LogP contribution in [0.2, 0.25) is 0 Å². The van der Waals surface area contributed by atoms with E-state index in [4.69, 9.17) is 11.1 Å². The van der Waals surface area contributed by atoms with Crippen LogP contribution in [-0.2, 0) is 0 Å². The number of anilines is 1. The predicted molar refractivity (Wildman–Crippen MR) is 63.8 cm³/mol. The van der Waals surface area contributed by atoms with E-state index < -0.39 is 0 Å². The van der Waals surface area contributed by atoms with Gasteiger partial charge >= 0.3 is 0 Å². The van der Waals surface area contributed by atoms with Crippen LogP contribution in [0.5, 0.6) is 0 Å². The number of guanidine groups is 1. The molecule has 4 heteroatoms. The summed E-state index contributed by atoms with van der Waals surface area (Å²) in [6.45, 7) is 5.74. The van der Waals surface area contributed by atoms with Gasteiger partial charge in [0, 0.05) is 13.1 Å². The Bertz CT molecular complexity index is 306. The molecular weight excluding hydrogens is 188 g/mol. The first-order chi connectivity index (χ1) is 7.20. The second-order valence-electron chi connectivity index (χ2n) is 3.17. The Labute approximate surface area is 90.8 Å². The highest BCUT2D eigenvalue weighted by Gasteiger charge is 2.15. The molecule has 0 heterocycles. The zero-order chi connectivity index (χ0) is 11.3. The number of para-hydroxylation sites is 1. The van der Waals surface area contributed by atoms with Gasteiger partial charge in [0.2, 0.25) is 5.96 Å². The third-order valence-corrected chi connectivity index (χ3v) is 2.24. The standard InChI is InChI=1S/C11H18N4/c1-3-14(4-2)15(11(12)13)10-8-6-5-7-9-10/h5-9H,3-4H2,1-2H3,(H3,12,13). The van der Waals surface area contributed by atoms with Gasteiger partial charge in [-0.3, -0.25) is 5.41 Å². The van der Waals surface area contributed by atoms with E-state index in [1.54, 1.807) is 5.01 Å². The largest absolute Gasteiger partial charge is 0.369 e. The normalized spacial score (nSPS) is 10.3. The molecule has 1 rings (SSSR count). The summed E-state index contributed by atoms with van der Waals surface area (Å²) in [4.78, 5) is 0. The van der Waals surface area contributed by atoms with Gasteiger partial charge < -0.3 is 5.73 Å². The molecule has 0 aliphatic rings. The first kappa shape index (κ1) is 11.5. The van der Waals surface area contributed by atoms with Crippen molar-refractivity contribution in [3.63, 3.8) is 0 Å². The molecule has 3 N–H and O–H groups in total. The van der Waals surface area contributed by atoms with Crippen molar-refractivity contribution in [3.05, 3.63) is 30.3 Å². The van der Waals surface area contributed by atoms with Gasteiger partial charge in [0.1, 0.15) is 0 Å². The quantitative estimate of drug-likeness (QED) is 0.447. The Morgan fingerprint density at radius 2 is 1.73 bits per heavy atom. The van der Waals surface area contributed by atoms with E-state index in [1.807, 2.05) is 49.2 Å². The summed E-state index contributed by atoms with van der Waals surface area (Å²) in [5.74, 6) is 0.0462. The average Bonchev–Trinajstić information content (AvgIpc) is 2.26. The minimum Gasteiger partial charge on any atom is -0.369 e. The first-order valence-corrected chi connectivity index (χ1v) is 5.14. The fraction of sp³-hybridized carbons (Fsp3) is 0.364. The van der Waals surface area contributed by atoms with Crippen molar-refractivity contribution in [1.82, 2.24) is 5.01 Å². The summed E-state index contributed by atoms with van der Waals surface area (Å²) in [7, 11) is 0. The molecule has 0 aliphatic carbocycles. The smallest absolute Gasteiger partial charge is 0.208 e. The van der Waals surface area contributed by atoms with Gasteiger partial charge in [0.15, 0.2) is 0 Å². The minimum absolute atomic E-state index is 0.0462. The summed E-state index contributed by atoms with van der Waals surface area (Å²) in [5, 5.41) is 11.3. The Hall–Kier alpha value is -1.55. The summed E-state index contributed by atoms with van der Waals surface area (Å²) in [5.41, 5.74) is 6.51. The van der Waals surface area contributed by atoms with E-state index in [2.05, 4.69) is 0 Å². The lowest BCUT2D eigenvalue weighted by Gasteiger charge is -2.33. The van der Waals surface area contributed by atoms with Crippen LogP contribution in [-0.4, -0.2) is 24.1 Å². The van der Waals surface area contributed by atoms with E-state index in [1.165, 1.54) is 0 Å². The minimum atomic E-state index is 0.0462. The molecule has 0 bridgehead atoms. The molecular formula is C11H18N4. The zero-order valence-corrected chi connectivity index (χ0v) is 9.27. The molecule has 82 valence electrons. The van der Waals surface area contributed by atoms with Crippen LogP contribution in [0.1, 0.15) is 13.8 Å². The SMILES string of the molecule is CCN(CC)N(C(=N)N)c1ccccc1. The molecule has 0 saturated carbocycles. The molecule has 0 spiro atoms. The average molecular weight is 206 g/mol. The Morgan fingerprint density at radius 1 is 1.20 bits per heavy atom. The van der Waals surface area contributed by atoms with Crippen molar-refractivity contribution < 1.29 is 0 Å². The van der Waals surface area contributed by atoms with Gasteiger partial charge in [-0.2, -0.15) is 0 Å². The lowest BCUT2D eigenvalue weighted by atomic mass is 10.3. The van der Waals surface area contributed by atoms with Gasteiger partial charge in [-0.25, -0.2) is 10.0 Å². The fourth-order valence-corrected chi connectivity index (χ4v) is 1.53. The fourth-order valence-electron chi connectivity index (χ4n) is 1.53. The van der Waals surface area contributed by atoms with Crippen molar-refractivity contribution in [3.8, 4) is 0 Å². The van der Waals surface area contributed by atoms with Crippen molar-refractivity contribution in [2.45, 2.75) is 13.8 Å². The lowest BCUT2D eigenvalue weighted by molar-refractivity contribution is 0.315. The highest BCUT2D eigenvalue weighted by Crippen LogP contribution is 2.14. The zero-order valence-electron chi connectivity index (χ0n) is 9.27. The predicted octanol–water partition coefficient (Wildman–Crippen LogP) is 1.64. The number of benzene rings is 1. The van der Waals surface area contributed by atoms with Crippen LogP contribution in [0, 0.1) is 5.41 Å². The summed E-state index contributed by atoms with van der Waals surface area (Å²) in [6, 6.07) is 9.72. The van der Waals surface area contributed by atoms with Crippen molar-refractivity contribution in [1.29, 1.82) is 5.41 Å². The van der Waals surface area contributed by atoms with Gasteiger partial charge in [-0.05, 0) is 12.1 Å². The Balaban J connectivity index is 2.97. The highest BCUT2D eigenvalue weighted by molar-refractivity contribution is 5.91. The lowest BCUT2D eigenvalue weighted by Crippen LogP contribution is -2.49. The third-order valence-electron chi connectivity index (χ3n) is 2.24. The third kappa shape index (κ3) is 2.70. The summed E-state index contributed by atoms with van der Waals surface area (Å²) in [6.07, 6.45) is 0. The molecule has 0 radical (unpaired) electrons. The number of hydrazine groups is 1. The molecule has 0 fully saturated rings. The maximum Gasteiger partial charge on any atom is 0.208 e. The molecule has 15 heavy (non-hydrogen) atoms. The van der Waals surface area contributed by atoms with Gasteiger partial charge in [-0.15, -0.1) is 0 Å². The maximum absolute atomic E-state index is 7.59. The Kier molecular flexibility index (Phi) is 4.12. The van der Waals surface area contributed by atoms with Crippen LogP contribution in [0.25, 0.3) is 0 Å². The van der Waals surface area contributed by atoms with Crippen molar-refractivity contribution in [2.24, 2.45) is 5.73 Å². The van der Waals surface area contributed by atoms with Crippen LogP contribution in [0.3, 0.4) is 0 Å². The molecule has 0 unspecified atom stereocenters. The van der Waals surface area contributed by atoms with Gasteiger partial charge in [0.05, 0.1) is 5.69 Å². The second-order valence-corrected chi connectivity index (χ2v) is 3.17. The van der Waals surface area contributed by atoms with Crippen LogP contribution in [0.15, 0.2) is 30.3 Å². The number of hydrogen-bond acceptors (Lipinski definition) is 2. The molecule has 1 aromatic rings. The van der Waals surface area contributed by atoms with E-state index in [0.29, 0.717) is 0 Å². The van der Waals surface area contributed by atoms with E-state index in [0.717, 1.165) is 18.8 Å². The van der Waals surface area contributed by atoms with Crippen LogP contribution >= 0.6 is 0 Å². The Morgan fingerprint density at radius 3 is 2.13 bits per heavy atom. The van der Waals surface area contributed by atoms with E-state index in [-0.39, 0.29) is 5.96 Å². The van der Waals surface area contributed by atoms with Crippen LogP contribution < -0.4 is 10.7 Å². The van der Waals surface area contributed by atoms with E-state index in [9.17, 15) is 0 Å². The molecule has 4 nitrogen and oxygen atoms in total. The number of rotatable bonds is 4. The number of hydrogen-bond donors (Lipinski definition) is 2. The molecule has 0 saturated heterocycles. The topological polar surface area (TPSA) is 56.4 Å². The number of nitrogens with one attached hydrogen (secondary N) is 1.